The summed E-state index contributed by atoms with van der Waals surface area (Å²) in [5, 5.41) is 0. The van der Waals surface area contributed by atoms with Crippen molar-refractivity contribution in [3.8, 4) is 0 Å². The maximum Gasteiger partial charge on any atom is -0.0183 e. The quantitative estimate of drug-likeness (QED) is 0.407. The Bertz CT molecular complexity index is 58.3. The average molecular weight is 101 g/mol. The fourth-order valence-corrected chi connectivity index (χ4v) is 2.35. The standard InChI is InChI=1S/C5H10P/c1-6-4-2-3-5-6/h1-5H2. The smallest absolute Gasteiger partial charge is 0.0183 e. The molecule has 0 spiro atoms. The van der Waals surface area contributed by atoms with Crippen molar-refractivity contribution in [3.63, 3.8) is 0 Å². The monoisotopic (exact) mass is 101 g/mol. The molecule has 0 amide bonds. The minimum Gasteiger partial charge on any atom is -0.156 e. The molecule has 0 bridgehead atoms. The zero-order valence-electron chi connectivity index (χ0n) is 3.98. The van der Waals surface area contributed by atoms with Crippen LogP contribution in [0.25, 0.3) is 0 Å². The molecule has 1 aliphatic rings. The van der Waals surface area contributed by atoms with Crippen LogP contribution in [0.2, 0.25) is 0 Å². The van der Waals surface area contributed by atoms with Crippen molar-refractivity contribution in [3.05, 3.63) is 0 Å². The van der Waals surface area contributed by atoms with Crippen LogP contribution in [0, 0.1) is 0 Å². The lowest BCUT2D eigenvalue weighted by molar-refractivity contribution is 0.949. The van der Waals surface area contributed by atoms with Crippen LogP contribution in [0.3, 0.4) is 0 Å². The molecular formula is C5H10P. The van der Waals surface area contributed by atoms with Crippen LogP contribution in [-0.2, 0) is 0 Å². The van der Waals surface area contributed by atoms with Crippen LogP contribution in [0.4, 0.5) is 0 Å². The van der Waals surface area contributed by atoms with Gasteiger partial charge in [0.15, 0.2) is 0 Å². The molecule has 0 nitrogen and oxygen atoms in total. The van der Waals surface area contributed by atoms with E-state index in [0.717, 1.165) is 0 Å². The minimum absolute atomic E-state index is 0.285. The molecule has 1 radical (unpaired) electrons. The second kappa shape index (κ2) is 1.75. The summed E-state index contributed by atoms with van der Waals surface area (Å²) in [6.07, 6.45) is 9.79. The van der Waals surface area contributed by atoms with Crippen molar-refractivity contribution in [2.75, 3.05) is 12.3 Å². The molecule has 1 saturated heterocycles. The second-order valence-corrected chi connectivity index (χ2v) is 4.06. The van der Waals surface area contributed by atoms with E-state index in [2.05, 4.69) is 6.30 Å². The summed E-state index contributed by atoms with van der Waals surface area (Å²) in [6, 6.07) is 0. The lowest BCUT2D eigenvalue weighted by atomic mass is 10.4. The van der Waals surface area contributed by atoms with Gasteiger partial charge in [-0.2, -0.15) is 7.55 Å². The molecule has 0 aromatic carbocycles. The highest BCUT2D eigenvalue weighted by atomic mass is 31.1. The van der Waals surface area contributed by atoms with Crippen molar-refractivity contribution in [2.24, 2.45) is 0 Å². The number of hydrogen-bond acceptors (Lipinski definition) is 0. The van der Waals surface area contributed by atoms with Crippen molar-refractivity contribution in [1.82, 2.24) is 0 Å². The van der Waals surface area contributed by atoms with E-state index in [-0.39, 0.29) is 7.55 Å². The minimum atomic E-state index is 0.285. The van der Waals surface area contributed by atoms with Crippen molar-refractivity contribution in [2.45, 2.75) is 12.8 Å². The molecule has 0 atom stereocenters. The van der Waals surface area contributed by atoms with E-state index in [9.17, 15) is 0 Å². The lowest BCUT2D eigenvalue weighted by Gasteiger charge is -1.82. The van der Waals surface area contributed by atoms with Crippen molar-refractivity contribution in [1.29, 1.82) is 0 Å². The van der Waals surface area contributed by atoms with Gasteiger partial charge in [0.25, 0.3) is 0 Å². The fraction of sp³-hybridized carbons (Fsp3) is 0.800. The van der Waals surface area contributed by atoms with Gasteiger partial charge in [-0.1, -0.05) is 6.30 Å². The van der Waals surface area contributed by atoms with Gasteiger partial charge in [-0.15, -0.1) is 0 Å². The molecule has 0 saturated carbocycles. The van der Waals surface area contributed by atoms with E-state index < -0.39 is 0 Å². The highest BCUT2D eigenvalue weighted by molar-refractivity contribution is 7.56. The van der Waals surface area contributed by atoms with E-state index in [1.807, 2.05) is 0 Å². The van der Waals surface area contributed by atoms with Gasteiger partial charge in [-0.05, 0) is 25.2 Å². The molecule has 1 rings (SSSR count). The van der Waals surface area contributed by atoms with Gasteiger partial charge in [0, 0.05) is 0 Å². The van der Waals surface area contributed by atoms with E-state index in [0.29, 0.717) is 0 Å². The fourth-order valence-electron chi connectivity index (χ4n) is 0.783. The van der Waals surface area contributed by atoms with Gasteiger partial charge in [0.05, 0.1) is 0 Å². The number of hydrogen-bond donors (Lipinski definition) is 0. The first kappa shape index (κ1) is 4.33. The average Bonchev–Trinajstić information content (AvgIpc) is 1.86. The Morgan fingerprint density at radius 3 is 1.83 bits per heavy atom. The van der Waals surface area contributed by atoms with E-state index in [4.69, 9.17) is 0 Å². The van der Waals surface area contributed by atoms with E-state index >= 15 is 0 Å². The highest BCUT2D eigenvalue weighted by Crippen LogP contribution is 2.29. The van der Waals surface area contributed by atoms with Crippen LogP contribution < -0.4 is 0 Å². The molecule has 0 aliphatic carbocycles. The van der Waals surface area contributed by atoms with Gasteiger partial charge in [0.2, 0.25) is 0 Å². The molecule has 6 heavy (non-hydrogen) atoms. The SMILES string of the molecule is C=[P]1CCCC1. The second-order valence-electron chi connectivity index (χ2n) is 1.83. The molecule has 1 heterocycles. The Morgan fingerprint density at radius 1 is 1.17 bits per heavy atom. The van der Waals surface area contributed by atoms with Gasteiger partial charge in [0.1, 0.15) is 0 Å². The summed E-state index contributed by atoms with van der Waals surface area (Å²) in [7, 11) is 0.285. The van der Waals surface area contributed by atoms with Crippen molar-refractivity contribution < 1.29 is 0 Å². The molecule has 0 aromatic heterocycles. The third-order valence-electron chi connectivity index (χ3n) is 1.20. The molecule has 1 aliphatic heterocycles. The third kappa shape index (κ3) is 0.815. The van der Waals surface area contributed by atoms with Crippen LogP contribution in [0.5, 0.6) is 0 Å². The predicted molar refractivity (Wildman–Crippen MR) is 33.0 cm³/mol. The first-order valence-corrected chi connectivity index (χ1v) is 4.35. The summed E-state index contributed by atoms with van der Waals surface area (Å²) in [4.78, 5) is 0. The maximum atomic E-state index is 4.00. The molecule has 0 aromatic rings. The molecule has 1 fully saturated rings. The molecular weight excluding hydrogens is 91.0 g/mol. The zero-order chi connectivity index (χ0) is 4.41. The summed E-state index contributed by atoms with van der Waals surface area (Å²) >= 11 is 0. The normalized spacial score (nSPS) is 22.3. The summed E-state index contributed by atoms with van der Waals surface area (Å²) in [5.74, 6) is 0. The van der Waals surface area contributed by atoms with Crippen LogP contribution >= 0.6 is 7.55 Å². The van der Waals surface area contributed by atoms with Crippen LogP contribution in [0.15, 0.2) is 0 Å². The van der Waals surface area contributed by atoms with Gasteiger partial charge >= 0.3 is 0 Å². The molecule has 1 heteroatoms. The van der Waals surface area contributed by atoms with Gasteiger partial charge < -0.3 is 0 Å². The lowest BCUT2D eigenvalue weighted by Crippen LogP contribution is -1.58. The Kier molecular flexibility index (Phi) is 1.26. The first-order valence-electron chi connectivity index (χ1n) is 2.45. The predicted octanol–water partition coefficient (Wildman–Crippen LogP) is 1.69. The Morgan fingerprint density at radius 2 is 1.67 bits per heavy atom. The summed E-state index contributed by atoms with van der Waals surface area (Å²) in [5.41, 5.74) is 0. The molecule has 35 valence electrons. The Labute approximate surface area is 40.0 Å². The summed E-state index contributed by atoms with van der Waals surface area (Å²) < 4.78 is 0. The largest absolute Gasteiger partial charge is 0.156 e. The maximum absolute atomic E-state index is 4.00. The van der Waals surface area contributed by atoms with Crippen LogP contribution in [-0.4, -0.2) is 18.6 Å². The van der Waals surface area contributed by atoms with E-state index in [1.165, 1.54) is 25.2 Å². The first-order chi connectivity index (χ1) is 2.89. The zero-order valence-corrected chi connectivity index (χ0v) is 4.88. The Balaban J connectivity index is 2.37. The van der Waals surface area contributed by atoms with E-state index in [1.54, 1.807) is 0 Å². The van der Waals surface area contributed by atoms with Gasteiger partial charge in [-0.25, -0.2) is 0 Å². The van der Waals surface area contributed by atoms with Gasteiger partial charge in [-0.3, -0.25) is 0 Å². The highest BCUT2D eigenvalue weighted by Gasteiger charge is 2.00. The Hall–Kier alpha value is 0.170. The number of rotatable bonds is 0. The summed E-state index contributed by atoms with van der Waals surface area (Å²) in [6.45, 7) is 0. The molecule has 0 unspecified atom stereocenters. The van der Waals surface area contributed by atoms with Crippen LogP contribution in [0.1, 0.15) is 12.8 Å². The topological polar surface area (TPSA) is 0 Å². The van der Waals surface area contributed by atoms with Crippen molar-refractivity contribution >= 4 is 13.8 Å². The molecule has 0 N–H and O–H groups in total. The third-order valence-corrected chi connectivity index (χ3v) is 3.10.